The maximum Gasteiger partial charge on any atom is 0.164 e. The summed E-state index contributed by atoms with van der Waals surface area (Å²) in [6.45, 7) is 0. The van der Waals surface area contributed by atoms with E-state index >= 15 is 0 Å². The van der Waals surface area contributed by atoms with Crippen LogP contribution < -0.4 is 0 Å². The minimum atomic E-state index is 0.637. The van der Waals surface area contributed by atoms with Crippen LogP contribution in [-0.4, -0.2) is 15.0 Å². The molecule has 0 saturated heterocycles. The Kier molecular flexibility index (Phi) is 7.41. The lowest BCUT2D eigenvalue weighted by Gasteiger charge is -2.18. The molecule has 0 unspecified atom stereocenters. The van der Waals surface area contributed by atoms with Crippen LogP contribution in [0.3, 0.4) is 0 Å². The smallest absolute Gasteiger partial charge is 0.164 e. The molecule has 9 rings (SSSR count). The van der Waals surface area contributed by atoms with E-state index in [1.165, 1.54) is 37.6 Å². The van der Waals surface area contributed by atoms with Gasteiger partial charge in [0, 0.05) is 26.5 Å². The minimum Gasteiger partial charge on any atom is -0.208 e. The Morgan fingerprint density at radius 1 is 0.265 bits per heavy atom. The first-order chi connectivity index (χ1) is 24.3. The fraction of sp³-hybridized carbons (Fsp3) is 0. The van der Waals surface area contributed by atoms with Crippen molar-refractivity contribution in [3.05, 3.63) is 176 Å². The van der Waals surface area contributed by atoms with Crippen molar-refractivity contribution in [2.45, 2.75) is 9.79 Å². The Balaban J connectivity index is 1.33. The van der Waals surface area contributed by atoms with Gasteiger partial charge in [-0.25, -0.2) is 15.0 Å². The predicted octanol–water partition coefficient (Wildman–Crippen LogP) is 12.0. The molecule has 0 radical (unpaired) electrons. The zero-order valence-electron chi connectivity index (χ0n) is 26.5. The van der Waals surface area contributed by atoms with Gasteiger partial charge in [0.2, 0.25) is 0 Å². The monoisotopic (exact) mass is 643 g/mol. The molecule has 0 aliphatic carbocycles. The highest BCUT2D eigenvalue weighted by atomic mass is 32.2. The number of benzene rings is 7. The molecule has 0 fully saturated rings. The van der Waals surface area contributed by atoms with E-state index in [-0.39, 0.29) is 0 Å². The summed E-state index contributed by atoms with van der Waals surface area (Å²) < 4.78 is 0. The highest BCUT2D eigenvalue weighted by molar-refractivity contribution is 7.99. The van der Waals surface area contributed by atoms with Crippen molar-refractivity contribution >= 4 is 11.8 Å². The molecule has 49 heavy (non-hydrogen) atoms. The van der Waals surface area contributed by atoms with Gasteiger partial charge in [-0.3, -0.25) is 0 Å². The molecule has 1 aromatic heterocycles. The Hall–Kier alpha value is -6.10. The number of fused-ring (bicyclic) bond motifs is 9. The first kappa shape index (κ1) is 29.1. The zero-order valence-corrected chi connectivity index (χ0v) is 27.3. The number of aromatic nitrogens is 3. The van der Waals surface area contributed by atoms with E-state index in [1.54, 1.807) is 0 Å². The first-order valence-electron chi connectivity index (χ1n) is 16.4. The Labute approximate surface area is 290 Å². The summed E-state index contributed by atoms with van der Waals surface area (Å²) in [6.07, 6.45) is 0. The van der Waals surface area contributed by atoms with E-state index in [2.05, 4.69) is 115 Å². The molecule has 0 saturated carbocycles. The lowest BCUT2D eigenvalue weighted by atomic mass is 9.86. The summed E-state index contributed by atoms with van der Waals surface area (Å²) in [4.78, 5) is 17.5. The molecule has 0 amide bonds. The van der Waals surface area contributed by atoms with Crippen LogP contribution >= 0.6 is 11.8 Å². The molecule has 1 aliphatic heterocycles. The van der Waals surface area contributed by atoms with Crippen molar-refractivity contribution in [3.8, 4) is 78.7 Å². The number of nitrogens with zero attached hydrogens (tertiary/aromatic N) is 3. The van der Waals surface area contributed by atoms with Crippen molar-refractivity contribution in [2.24, 2.45) is 0 Å². The lowest BCUT2D eigenvalue weighted by Crippen LogP contribution is -2.00. The lowest BCUT2D eigenvalue weighted by molar-refractivity contribution is 1.07. The zero-order chi connectivity index (χ0) is 32.6. The molecule has 1 aliphatic rings. The van der Waals surface area contributed by atoms with E-state index in [9.17, 15) is 0 Å². The molecule has 0 atom stereocenters. The molecule has 8 aromatic rings. The molecule has 0 spiro atoms. The van der Waals surface area contributed by atoms with Crippen molar-refractivity contribution in [2.75, 3.05) is 0 Å². The molecule has 0 bridgehead atoms. The number of hydrogen-bond donors (Lipinski definition) is 0. The van der Waals surface area contributed by atoms with Gasteiger partial charge < -0.3 is 0 Å². The third-order valence-corrected chi connectivity index (χ3v) is 10.1. The highest BCUT2D eigenvalue weighted by Crippen LogP contribution is 2.48. The minimum absolute atomic E-state index is 0.637. The third-order valence-electron chi connectivity index (χ3n) is 8.99. The van der Waals surface area contributed by atoms with Gasteiger partial charge in [-0.15, -0.1) is 0 Å². The Morgan fingerprint density at radius 3 is 1.10 bits per heavy atom. The van der Waals surface area contributed by atoms with E-state index in [0.29, 0.717) is 17.5 Å². The van der Waals surface area contributed by atoms with Crippen molar-refractivity contribution < 1.29 is 0 Å². The van der Waals surface area contributed by atoms with Crippen molar-refractivity contribution in [1.29, 1.82) is 0 Å². The van der Waals surface area contributed by atoms with Gasteiger partial charge in [0.05, 0.1) is 0 Å². The van der Waals surface area contributed by atoms with Gasteiger partial charge >= 0.3 is 0 Å². The summed E-state index contributed by atoms with van der Waals surface area (Å²) in [5.41, 5.74) is 12.3. The summed E-state index contributed by atoms with van der Waals surface area (Å²) in [5.74, 6) is 1.93. The van der Waals surface area contributed by atoms with Gasteiger partial charge in [0.15, 0.2) is 17.5 Å². The fourth-order valence-electron chi connectivity index (χ4n) is 6.66. The van der Waals surface area contributed by atoms with Crippen LogP contribution in [0.2, 0.25) is 0 Å². The second kappa shape index (κ2) is 12.5. The molecule has 230 valence electrons. The maximum absolute atomic E-state index is 5.08. The van der Waals surface area contributed by atoms with Gasteiger partial charge in [-0.2, -0.15) is 0 Å². The van der Waals surface area contributed by atoms with Crippen LogP contribution in [0.25, 0.3) is 78.7 Å². The van der Waals surface area contributed by atoms with Crippen LogP contribution in [0.1, 0.15) is 0 Å². The molecule has 7 aromatic carbocycles. The topological polar surface area (TPSA) is 38.7 Å². The summed E-state index contributed by atoms with van der Waals surface area (Å²) in [7, 11) is 0. The number of rotatable bonds is 3. The molecular weight excluding hydrogens is 615 g/mol. The van der Waals surface area contributed by atoms with Gasteiger partial charge in [-0.1, -0.05) is 169 Å². The molecule has 2 heterocycles. The Bertz CT molecular complexity index is 2420. The predicted molar refractivity (Wildman–Crippen MR) is 202 cm³/mol. The quantitative estimate of drug-likeness (QED) is 0.192. The van der Waals surface area contributed by atoms with E-state index in [1.807, 2.05) is 72.4 Å². The third kappa shape index (κ3) is 5.42. The largest absolute Gasteiger partial charge is 0.208 e. The fourth-order valence-corrected chi connectivity index (χ4v) is 7.77. The van der Waals surface area contributed by atoms with E-state index in [0.717, 1.165) is 33.4 Å². The molecule has 4 heteroatoms. The van der Waals surface area contributed by atoms with Crippen molar-refractivity contribution in [1.82, 2.24) is 15.0 Å². The molecule has 0 N–H and O–H groups in total. The maximum atomic E-state index is 5.08. The van der Waals surface area contributed by atoms with Gasteiger partial charge in [-0.05, 0) is 62.7 Å². The average Bonchev–Trinajstić information content (AvgIpc) is 3.20. The van der Waals surface area contributed by atoms with Crippen LogP contribution in [0.15, 0.2) is 186 Å². The summed E-state index contributed by atoms with van der Waals surface area (Å²) in [6, 6.07) is 61.9. The van der Waals surface area contributed by atoms with Gasteiger partial charge in [0.1, 0.15) is 0 Å². The standard InChI is InChI=1S/C45H29N3S/c1-3-15-30(16-4-1)43-46-44(31-17-5-2-6-18-31)48-45(47-43)32-27-28-37-39-24-12-14-26-42(39)49-41-25-13-11-23-38(41)35-21-9-7-19-33(35)34-20-8-10-22-36(34)40(37)29-32/h1-29H. The number of hydrogen-bond acceptors (Lipinski definition) is 4. The van der Waals surface area contributed by atoms with E-state index < -0.39 is 0 Å². The second-order valence-corrected chi connectivity index (χ2v) is 13.1. The highest BCUT2D eigenvalue weighted by Gasteiger charge is 2.22. The average molecular weight is 644 g/mol. The normalized spacial score (nSPS) is 11.6. The summed E-state index contributed by atoms with van der Waals surface area (Å²) in [5, 5.41) is 0. The molecule has 3 nitrogen and oxygen atoms in total. The SMILES string of the molecule is c1ccc(-c2nc(-c3ccccc3)nc(-c3ccc4c(c3)-c3ccccc3-c3ccccc3-c3ccccc3Sc3ccccc3-4)n2)cc1. The van der Waals surface area contributed by atoms with E-state index in [4.69, 9.17) is 15.0 Å². The van der Waals surface area contributed by atoms with Crippen molar-refractivity contribution in [3.63, 3.8) is 0 Å². The molecular formula is C45H29N3S. The van der Waals surface area contributed by atoms with Gasteiger partial charge in [0.25, 0.3) is 0 Å². The Morgan fingerprint density at radius 2 is 0.612 bits per heavy atom. The van der Waals surface area contributed by atoms with Crippen LogP contribution in [0, 0.1) is 0 Å². The van der Waals surface area contributed by atoms with Crippen LogP contribution in [0.4, 0.5) is 0 Å². The summed E-state index contributed by atoms with van der Waals surface area (Å²) >= 11 is 1.82. The van der Waals surface area contributed by atoms with Crippen LogP contribution in [0.5, 0.6) is 0 Å². The first-order valence-corrected chi connectivity index (χ1v) is 17.2. The second-order valence-electron chi connectivity index (χ2n) is 12.0. The van der Waals surface area contributed by atoms with Crippen LogP contribution in [-0.2, 0) is 0 Å².